The van der Waals surface area contributed by atoms with Crippen LogP contribution in [0.2, 0.25) is 0 Å². The third-order valence-electron chi connectivity index (χ3n) is 4.99. The van der Waals surface area contributed by atoms with E-state index < -0.39 is 0 Å². The number of hydrogen-bond acceptors (Lipinski definition) is 5. The van der Waals surface area contributed by atoms with Gasteiger partial charge in [-0.05, 0) is 50.5 Å². The van der Waals surface area contributed by atoms with Crippen LogP contribution in [0.3, 0.4) is 0 Å². The van der Waals surface area contributed by atoms with Gasteiger partial charge in [0.05, 0.1) is 11.7 Å². The monoisotopic (exact) mass is 373 g/mol. The number of carbonyl (C=O) groups is 1. The van der Waals surface area contributed by atoms with Crippen molar-refractivity contribution >= 4 is 17.5 Å². The fourth-order valence-corrected chi connectivity index (χ4v) is 3.63. The van der Waals surface area contributed by atoms with Gasteiger partial charge in [-0.25, -0.2) is 15.0 Å². The third-order valence-corrected chi connectivity index (χ3v) is 4.99. The minimum Gasteiger partial charge on any atom is -0.330 e. The lowest BCUT2D eigenvalue weighted by molar-refractivity contribution is 0.0732. The molecule has 0 radical (unpaired) electrons. The summed E-state index contributed by atoms with van der Waals surface area (Å²) in [6.07, 6.45) is 3.62. The molecule has 3 heterocycles. The van der Waals surface area contributed by atoms with Gasteiger partial charge in [0.2, 0.25) is 0 Å². The lowest BCUT2D eigenvalue weighted by Crippen LogP contribution is -2.31. The van der Waals surface area contributed by atoms with E-state index in [2.05, 4.69) is 20.3 Å². The molecule has 1 unspecified atom stereocenters. The SMILES string of the molecule is Cc1nc(Nc2ncccc2C)cc(C2CCCN2C(=O)c2ccccc2)n1. The molecule has 1 amide bonds. The van der Waals surface area contributed by atoms with Crippen LogP contribution in [-0.2, 0) is 0 Å². The Kier molecular flexibility index (Phi) is 5.02. The molecule has 1 aliphatic rings. The van der Waals surface area contributed by atoms with Crippen molar-refractivity contribution < 1.29 is 4.79 Å². The second-order valence-electron chi connectivity index (χ2n) is 7.04. The van der Waals surface area contributed by atoms with E-state index in [4.69, 9.17) is 0 Å². The van der Waals surface area contributed by atoms with Gasteiger partial charge in [-0.2, -0.15) is 0 Å². The smallest absolute Gasteiger partial charge is 0.254 e. The summed E-state index contributed by atoms with van der Waals surface area (Å²) in [5.41, 5.74) is 2.62. The van der Waals surface area contributed by atoms with Crippen LogP contribution in [0.1, 0.15) is 46.3 Å². The Morgan fingerprint density at radius 3 is 2.71 bits per heavy atom. The summed E-state index contributed by atoms with van der Waals surface area (Å²) in [7, 11) is 0. The maximum Gasteiger partial charge on any atom is 0.254 e. The molecule has 6 heteroatoms. The van der Waals surface area contributed by atoms with E-state index in [1.54, 1.807) is 6.20 Å². The van der Waals surface area contributed by atoms with E-state index in [1.807, 2.05) is 67.3 Å². The molecule has 1 N–H and O–H groups in total. The predicted molar refractivity (Wildman–Crippen MR) is 108 cm³/mol. The van der Waals surface area contributed by atoms with Crippen molar-refractivity contribution in [2.24, 2.45) is 0 Å². The minimum absolute atomic E-state index is 0.0419. The van der Waals surface area contributed by atoms with Gasteiger partial charge in [0.1, 0.15) is 17.5 Å². The number of pyridine rings is 1. The average Bonchev–Trinajstić information content (AvgIpc) is 3.19. The zero-order chi connectivity index (χ0) is 19.5. The highest BCUT2D eigenvalue weighted by atomic mass is 16.2. The topological polar surface area (TPSA) is 71.0 Å². The molecule has 1 atom stereocenters. The van der Waals surface area contributed by atoms with Crippen LogP contribution in [-0.4, -0.2) is 32.3 Å². The number of anilines is 2. The summed E-state index contributed by atoms with van der Waals surface area (Å²) in [6.45, 7) is 4.61. The number of hydrogen-bond donors (Lipinski definition) is 1. The van der Waals surface area contributed by atoms with Crippen molar-refractivity contribution in [3.8, 4) is 0 Å². The van der Waals surface area contributed by atoms with E-state index in [9.17, 15) is 4.79 Å². The Balaban J connectivity index is 1.62. The first kappa shape index (κ1) is 18.1. The van der Waals surface area contributed by atoms with Gasteiger partial charge in [0.15, 0.2) is 0 Å². The lowest BCUT2D eigenvalue weighted by atomic mass is 10.1. The normalized spacial score (nSPS) is 16.2. The van der Waals surface area contributed by atoms with Crippen LogP contribution in [0.4, 0.5) is 11.6 Å². The molecule has 1 aliphatic heterocycles. The average molecular weight is 373 g/mol. The van der Waals surface area contributed by atoms with Crippen LogP contribution in [0.15, 0.2) is 54.7 Å². The van der Waals surface area contributed by atoms with Crippen molar-refractivity contribution in [1.82, 2.24) is 19.9 Å². The molecule has 1 aromatic carbocycles. The van der Waals surface area contributed by atoms with Crippen LogP contribution in [0.5, 0.6) is 0 Å². The molecule has 0 saturated carbocycles. The number of benzene rings is 1. The summed E-state index contributed by atoms with van der Waals surface area (Å²) in [5.74, 6) is 2.19. The summed E-state index contributed by atoms with van der Waals surface area (Å²) in [4.78, 5) is 28.4. The van der Waals surface area contributed by atoms with Crippen molar-refractivity contribution in [3.05, 3.63) is 77.4 Å². The number of aromatic nitrogens is 3. The summed E-state index contributed by atoms with van der Waals surface area (Å²) < 4.78 is 0. The largest absolute Gasteiger partial charge is 0.330 e. The van der Waals surface area contributed by atoms with Crippen LogP contribution < -0.4 is 5.32 Å². The van der Waals surface area contributed by atoms with Crippen LogP contribution >= 0.6 is 0 Å². The van der Waals surface area contributed by atoms with Crippen molar-refractivity contribution in [3.63, 3.8) is 0 Å². The summed E-state index contributed by atoms with van der Waals surface area (Å²) in [6, 6.07) is 15.2. The first-order chi connectivity index (χ1) is 13.6. The van der Waals surface area contributed by atoms with Gasteiger partial charge in [-0.15, -0.1) is 0 Å². The molecule has 2 aromatic heterocycles. The molecular formula is C22H23N5O. The number of amides is 1. The van der Waals surface area contributed by atoms with Crippen LogP contribution in [0.25, 0.3) is 0 Å². The highest BCUT2D eigenvalue weighted by Crippen LogP contribution is 2.33. The Morgan fingerprint density at radius 1 is 1.11 bits per heavy atom. The van der Waals surface area contributed by atoms with Gasteiger partial charge >= 0.3 is 0 Å². The molecule has 0 aliphatic carbocycles. The van der Waals surface area contributed by atoms with E-state index in [-0.39, 0.29) is 11.9 Å². The number of aryl methyl sites for hydroxylation is 2. The molecule has 0 spiro atoms. The molecule has 1 fully saturated rings. The van der Waals surface area contributed by atoms with E-state index in [0.29, 0.717) is 17.2 Å². The van der Waals surface area contributed by atoms with Gasteiger partial charge in [0.25, 0.3) is 5.91 Å². The van der Waals surface area contributed by atoms with E-state index in [1.165, 1.54) is 0 Å². The van der Waals surface area contributed by atoms with E-state index >= 15 is 0 Å². The number of rotatable bonds is 4. The summed E-state index contributed by atoms with van der Waals surface area (Å²) in [5, 5.41) is 3.29. The quantitative estimate of drug-likeness (QED) is 0.742. The van der Waals surface area contributed by atoms with E-state index in [0.717, 1.165) is 36.5 Å². The molecule has 0 bridgehead atoms. The number of nitrogens with zero attached hydrogens (tertiary/aromatic N) is 4. The van der Waals surface area contributed by atoms with Crippen molar-refractivity contribution in [1.29, 1.82) is 0 Å². The molecule has 4 rings (SSSR count). The Labute approximate surface area is 164 Å². The van der Waals surface area contributed by atoms with Gasteiger partial charge < -0.3 is 10.2 Å². The second-order valence-corrected chi connectivity index (χ2v) is 7.04. The Bertz CT molecular complexity index is 989. The predicted octanol–water partition coefficient (Wildman–Crippen LogP) is 4.21. The first-order valence-corrected chi connectivity index (χ1v) is 9.52. The lowest BCUT2D eigenvalue weighted by Gasteiger charge is -2.25. The first-order valence-electron chi connectivity index (χ1n) is 9.52. The Hall–Kier alpha value is -3.28. The molecule has 6 nitrogen and oxygen atoms in total. The molecular weight excluding hydrogens is 350 g/mol. The number of likely N-dealkylation sites (tertiary alicyclic amines) is 1. The van der Waals surface area contributed by atoms with Crippen molar-refractivity contribution in [2.45, 2.75) is 32.7 Å². The van der Waals surface area contributed by atoms with Gasteiger partial charge in [-0.3, -0.25) is 4.79 Å². The summed E-state index contributed by atoms with van der Waals surface area (Å²) >= 11 is 0. The fraction of sp³-hybridized carbons (Fsp3) is 0.273. The number of nitrogens with one attached hydrogen (secondary N) is 1. The maximum atomic E-state index is 13.0. The highest BCUT2D eigenvalue weighted by Gasteiger charge is 2.32. The third kappa shape index (κ3) is 3.71. The zero-order valence-electron chi connectivity index (χ0n) is 16.1. The number of carbonyl (C=O) groups excluding carboxylic acids is 1. The van der Waals surface area contributed by atoms with Gasteiger partial charge in [0, 0.05) is 24.4 Å². The van der Waals surface area contributed by atoms with Gasteiger partial charge in [-0.1, -0.05) is 24.3 Å². The maximum absolute atomic E-state index is 13.0. The Morgan fingerprint density at radius 2 is 1.93 bits per heavy atom. The zero-order valence-corrected chi connectivity index (χ0v) is 16.1. The molecule has 142 valence electrons. The fourth-order valence-electron chi connectivity index (χ4n) is 3.63. The molecule has 1 saturated heterocycles. The standard InChI is InChI=1S/C22H23N5O/c1-15-8-6-12-23-21(15)26-20-14-18(24-16(2)25-20)19-11-7-13-27(19)22(28)17-9-4-3-5-10-17/h3-6,8-10,12,14,19H,7,11,13H2,1-2H3,(H,23,24,25,26). The van der Waals surface area contributed by atoms with Crippen molar-refractivity contribution in [2.75, 3.05) is 11.9 Å². The molecule has 3 aromatic rings. The second kappa shape index (κ2) is 7.76. The van der Waals surface area contributed by atoms with Crippen LogP contribution in [0, 0.1) is 13.8 Å². The minimum atomic E-state index is -0.0419. The molecule has 28 heavy (non-hydrogen) atoms. The highest BCUT2D eigenvalue weighted by molar-refractivity contribution is 5.94.